The van der Waals surface area contributed by atoms with E-state index in [2.05, 4.69) is 0 Å². The lowest BCUT2D eigenvalue weighted by molar-refractivity contribution is 0.397. The number of nitrogens with two attached hydrogens (primary N) is 1. The Labute approximate surface area is 130 Å². The molecule has 2 N–H and O–H groups in total. The van der Waals surface area contributed by atoms with Crippen LogP contribution in [0.2, 0.25) is 10.0 Å². The highest BCUT2D eigenvalue weighted by molar-refractivity contribution is 7.89. The molecule has 0 aliphatic heterocycles. The Kier molecular flexibility index (Phi) is 6.28. The molecule has 0 saturated heterocycles. The molecule has 0 amide bonds. The Bertz CT molecular complexity index is 561. The van der Waals surface area contributed by atoms with E-state index in [9.17, 15) is 8.42 Å². The van der Waals surface area contributed by atoms with E-state index in [1.807, 2.05) is 13.8 Å². The van der Waals surface area contributed by atoms with E-state index in [0.29, 0.717) is 23.9 Å². The molecule has 1 aromatic rings. The van der Waals surface area contributed by atoms with Gasteiger partial charge in [-0.25, -0.2) is 12.7 Å². The first kappa shape index (κ1) is 17.7. The van der Waals surface area contributed by atoms with E-state index >= 15 is 0 Å². The van der Waals surface area contributed by atoms with Crippen molar-refractivity contribution in [2.24, 2.45) is 11.7 Å². The molecule has 0 spiro atoms. The van der Waals surface area contributed by atoms with Gasteiger partial charge in [-0.1, -0.05) is 37.0 Å². The Morgan fingerprint density at radius 3 is 2.35 bits per heavy atom. The Morgan fingerprint density at radius 2 is 1.85 bits per heavy atom. The predicted molar refractivity (Wildman–Crippen MR) is 83.7 cm³/mol. The van der Waals surface area contributed by atoms with Crippen molar-refractivity contribution in [1.82, 2.24) is 4.31 Å². The maximum atomic E-state index is 12.4. The lowest BCUT2D eigenvalue weighted by atomic mass is 10.0. The molecule has 4 nitrogen and oxygen atoms in total. The molecule has 0 bridgehead atoms. The van der Waals surface area contributed by atoms with Crippen LogP contribution in [0.15, 0.2) is 23.1 Å². The molecule has 0 fully saturated rings. The summed E-state index contributed by atoms with van der Waals surface area (Å²) in [4.78, 5) is 0.132. The van der Waals surface area contributed by atoms with E-state index in [-0.39, 0.29) is 16.0 Å². The van der Waals surface area contributed by atoms with Crippen LogP contribution in [0.3, 0.4) is 0 Å². The molecule has 114 valence electrons. The molecule has 0 radical (unpaired) electrons. The fourth-order valence-corrected chi connectivity index (χ4v) is 3.18. The third-order valence-corrected chi connectivity index (χ3v) is 5.82. The molecule has 1 unspecified atom stereocenters. The second-order valence-corrected chi connectivity index (χ2v) is 7.96. The van der Waals surface area contributed by atoms with Gasteiger partial charge in [-0.3, -0.25) is 0 Å². The first-order chi connectivity index (χ1) is 9.16. The van der Waals surface area contributed by atoms with Gasteiger partial charge in [0.25, 0.3) is 0 Å². The van der Waals surface area contributed by atoms with Crippen molar-refractivity contribution in [3.63, 3.8) is 0 Å². The molecular formula is C13H20Cl2N2O2S. The van der Waals surface area contributed by atoms with Gasteiger partial charge in [-0.05, 0) is 30.5 Å². The summed E-state index contributed by atoms with van der Waals surface area (Å²) in [6.07, 6.45) is 0.606. The zero-order valence-electron chi connectivity index (χ0n) is 11.8. The molecule has 20 heavy (non-hydrogen) atoms. The van der Waals surface area contributed by atoms with Crippen LogP contribution in [0.25, 0.3) is 0 Å². The fourth-order valence-electron chi connectivity index (χ4n) is 1.60. The van der Waals surface area contributed by atoms with Crippen LogP contribution in [0.5, 0.6) is 0 Å². The van der Waals surface area contributed by atoms with Gasteiger partial charge in [0, 0.05) is 19.6 Å². The average Bonchev–Trinajstić information content (AvgIpc) is 2.38. The van der Waals surface area contributed by atoms with Gasteiger partial charge in [0.05, 0.1) is 14.9 Å². The molecule has 0 aromatic heterocycles. The average molecular weight is 339 g/mol. The van der Waals surface area contributed by atoms with Gasteiger partial charge >= 0.3 is 0 Å². The highest BCUT2D eigenvalue weighted by Crippen LogP contribution is 2.26. The fraction of sp³-hybridized carbons (Fsp3) is 0.538. The van der Waals surface area contributed by atoms with Gasteiger partial charge in [-0.15, -0.1) is 0 Å². The molecular weight excluding hydrogens is 319 g/mol. The highest BCUT2D eigenvalue weighted by Gasteiger charge is 2.22. The number of hydrogen-bond acceptors (Lipinski definition) is 3. The summed E-state index contributed by atoms with van der Waals surface area (Å²) in [5, 5.41) is 0.551. The molecule has 1 rings (SSSR count). The van der Waals surface area contributed by atoms with Crippen molar-refractivity contribution in [3.05, 3.63) is 28.2 Å². The minimum absolute atomic E-state index is 0.0264. The highest BCUT2D eigenvalue weighted by atomic mass is 35.5. The van der Waals surface area contributed by atoms with E-state index in [0.717, 1.165) is 0 Å². The van der Waals surface area contributed by atoms with Crippen molar-refractivity contribution >= 4 is 33.2 Å². The summed E-state index contributed by atoms with van der Waals surface area (Å²) >= 11 is 11.6. The number of hydrogen-bond donors (Lipinski definition) is 1. The van der Waals surface area contributed by atoms with E-state index in [1.54, 1.807) is 0 Å². The summed E-state index contributed by atoms with van der Waals surface area (Å²) in [6, 6.07) is 4.26. The lowest BCUT2D eigenvalue weighted by Crippen LogP contribution is -2.34. The van der Waals surface area contributed by atoms with Gasteiger partial charge in [-0.2, -0.15) is 0 Å². The summed E-state index contributed by atoms with van der Waals surface area (Å²) in [5.41, 5.74) is 5.93. The summed E-state index contributed by atoms with van der Waals surface area (Å²) < 4.78 is 26.0. The molecule has 1 aromatic carbocycles. The summed E-state index contributed by atoms with van der Waals surface area (Å²) in [7, 11) is -2.03. The van der Waals surface area contributed by atoms with Crippen LogP contribution in [-0.4, -0.2) is 32.4 Å². The van der Waals surface area contributed by atoms with Crippen LogP contribution in [0.4, 0.5) is 0 Å². The van der Waals surface area contributed by atoms with Crippen LogP contribution in [-0.2, 0) is 10.0 Å². The van der Waals surface area contributed by atoms with Crippen molar-refractivity contribution in [2.45, 2.75) is 31.2 Å². The first-order valence-electron chi connectivity index (χ1n) is 6.33. The molecule has 1 atom stereocenters. The molecule has 0 saturated carbocycles. The van der Waals surface area contributed by atoms with Crippen LogP contribution in [0.1, 0.15) is 20.3 Å². The molecule has 0 aliphatic carbocycles. The molecule has 0 aliphatic rings. The monoisotopic (exact) mass is 338 g/mol. The summed E-state index contributed by atoms with van der Waals surface area (Å²) in [5.74, 6) is 0.316. The topological polar surface area (TPSA) is 63.4 Å². The molecule has 0 heterocycles. The van der Waals surface area contributed by atoms with Gasteiger partial charge in [0.2, 0.25) is 10.0 Å². The second kappa shape index (κ2) is 7.09. The van der Waals surface area contributed by atoms with E-state index in [1.165, 1.54) is 29.6 Å². The van der Waals surface area contributed by atoms with Gasteiger partial charge in [0.15, 0.2) is 0 Å². The second-order valence-electron chi connectivity index (χ2n) is 5.10. The first-order valence-corrected chi connectivity index (χ1v) is 8.53. The Balaban J connectivity index is 2.84. The van der Waals surface area contributed by atoms with Crippen LogP contribution >= 0.6 is 23.2 Å². The number of rotatable bonds is 6. The van der Waals surface area contributed by atoms with Gasteiger partial charge < -0.3 is 5.73 Å². The van der Waals surface area contributed by atoms with Crippen molar-refractivity contribution < 1.29 is 8.42 Å². The standard InChI is InChI=1S/C13H20Cl2N2O2S/c1-9(2)13(16)6-7-17(3)20(18,19)10-4-5-11(14)12(15)8-10/h4-5,8-9,13H,6-7,16H2,1-3H3. The normalized spacial score (nSPS) is 14.0. The maximum Gasteiger partial charge on any atom is 0.242 e. The maximum absolute atomic E-state index is 12.4. The van der Waals surface area contributed by atoms with Crippen LogP contribution in [0, 0.1) is 5.92 Å². The minimum Gasteiger partial charge on any atom is -0.327 e. The van der Waals surface area contributed by atoms with Crippen molar-refractivity contribution in [3.8, 4) is 0 Å². The van der Waals surface area contributed by atoms with Crippen LogP contribution < -0.4 is 5.73 Å². The number of benzene rings is 1. The minimum atomic E-state index is -3.56. The van der Waals surface area contributed by atoms with E-state index in [4.69, 9.17) is 28.9 Å². The predicted octanol–water partition coefficient (Wildman–Crippen LogP) is 2.99. The van der Waals surface area contributed by atoms with Crippen molar-refractivity contribution in [2.75, 3.05) is 13.6 Å². The third kappa shape index (κ3) is 4.33. The smallest absolute Gasteiger partial charge is 0.242 e. The summed E-state index contributed by atoms with van der Waals surface area (Å²) in [6.45, 7) is 4.39. The Morgan fingerprint density at radius 1 is 1.25 bits per heavy atom. The van der Waals surface area contributed by atoms with Crippen molar-refractivity contribution in [1.29, 1.82) is 0 Å². The zero-order valence-corrected chi connectivity index (χ0v) is 14.1. The number of nitrogens with zero attached hydrogens (tertiary/aromatic N) is 1. The Hall–Kier alpha value is -0.330. The SMILES string of the molecule is CC(C)C(N)CCN(C)S(=O)(=O)c1ccc(Cl)c(Cl)c1. The third-order valence-electron chi connectivity index (χ3n) is 3.23. The molecule has 7 heteroatoms. The van der Waals surface area contributed by atoms with E-state index < -0.39 is 10.0 Å². The lowest BCUT2D eigenvalue weighted by Gasteiger charge is -2.21. The number of sulfonamides is 1. The number of halogens is 2. The largest absolute Gasteiger partial charge is 0.327 e. The zero-order chi connectivity index (χ0) is 15.5. The van der Waals surface area contributed by atoms with Gasteiger partial charge in [0.1, 0.15) is 0 Å². The quantitative estimate of drug-likeness (QED) is 0.867.